The molecule has 0 bridgehead atoms. The van der Waals surface area contributed by atoms with E-state index in [9.17, 15) is 4.79 Å². The number of carbonyl (C=O) groups is 1. The lowest BCUT2D eigenvalue weighted by atomic mass is 10.2. The minimum absolute atomic E-state index is 0.0485. The van der Waals surface area contributed by atoms with Crippen LogP contribution in [0.2, 0.25) is 0 Å². The van der Waals surface area contributed by atoms with Crippen LogP contribution in [0.25, 0.3) is 0 Å². The molecular weight excluding hydrogens is 244 g/mol. The van der Waals surface area contributed by atoms with Crippen LogP contribution in [0.5, 0.6) is 0 Å². The number of alkyl halides is 1. The Balaban J connectivity index is 2.29. The molecule has 14 heavy (non-hydrogen) atoms. The Hall–Kier alpha value is -0.900. The number of amides is 1. The molecule has 0 spiro atoms. The predicted octanol–water partition coefficient (Wildman–Crippen LogP) is 1.99. The van der Waals surface area contributed by atoms with E-state index in [1.54, 1.807) is 24.5 Å². The van der Waals surface area contributed by atoms with E-state index in [0.717, 1.165) is 24.7 Å². The van der Waals surface area contributed by atoms with Crippen LogP contribution < -0.4 is 5.32 Å². The third kappa shape index (κ3) is 3.87. The van der Waals surface area contributed by atoms with Crippen LogP contribution in [0.3, 0.4) is 0 Å². The van der Waals surface area contributed by atoms with Crippen molar-refractivity contribution >= 4 is 21.8 Å². The molecule has 0 unspecified atom stereocenters. The maximum atomic E-state index is 11.4. The Labute approximate surface area is 92.1 Å². The van der Waals surface area contributed by atoms with Gasteiger partial charge in [0, 0.05) is 24.3 Å². The number of pyridine rings is 1. The monoisotopic (exact) mass is 256 g/mol. The molecule has 1 amide bonds. The summed E-state index contributed by atoms with van der Waals surface area (Å²) in [6.07, 6.45) is 5.30. The maximum absolute atomic E-state index is 11.4. The minimum atomic E-state index is -0.0485. The summed E-state index contributed by atoms with van der Waals surface area (Å²) in [7, 11) is 0. The van der Waals surface area contributed by atoms with Gasteiger partial charge in [-0.15, -0.1) is 0 Å². The molecule has 0 radical (unpaired) electrons. The average molecular weight is 257 g/mol. The van der Waals surface area contributed by atoms with Gasteiger partial charge in [-0.2, -0.15) is 0 Å². The van der Waals surface area contributed by atoms with Crippen LogP contribution in [0, 0.1) is 0 Å². The Bertz CT molecular complexity index is 277. The molecule has 0 aliphatic heterocycles. The van der Waals surface area contributed by atoms with Crippen LogP contribution in [-0.2, 0) is 0 Å². The van der Waals surface area contributed by atoms with Crippen LogP contribution in [0.15, 0.2) is 24.5 Å². The first kappa shape index (κ1) is 11.2. The van der Waals surface area contributed by atoms with Gasteiger partial charge in [0.15, 0.2) is 0 Å². The highest BCUT2D eigenvalue weighted by atomic mass is 79.9. The highest BCUT2D eigenvalue weighted by Crippen LogP contribution is 1.96. The molecule has 0 fully saturated rings. The topological polar surface area (TPSA) is 42.0 Å². The number of unbranched alkanes of at least 4 members (excludes halogenated alkanes) is 1. The molecule has 0 aliphatic carbocycles. The molecule has 1 rings (SSSR count). The van der Waals surface area contributed by atoms with E-state index in [4.69, 9.17) is 0 Å². The summed E-state index contributed by atoms with van der Waals surface area (Å²) < 4.78 is 0. The Morgan fingerprint density at radius 2 is 2.36 bits per heavy atom. The molecule has 1 heterocycles. The normalized spacial score (nSPS) is 9.79. The van der Waals surface area contributed by atoms with Crippen molar-refractivity contribution in [3.05, 3.63) is 30.1 Å². The second-order valence-electron chi connectivity index (χ2n) is 2.89. The molecule has 1 aromatic rings. The standard InChI is InChI=1S/C10H13BrN2O/c11-5-1-2-7-13-10(14)9-4-3-6-12-8-9/h3-4,6,8H,1-2,5,7H2,(H,13,14). The molecule has 3 nitrogen and oxygen atoms in total. The number of carbonyl (C=O) groups excluding carboxylic acids is 1. The third-order valence-corrected chi connectivity index (χ3v) is 2.33. The quantitative estimate of drug-likeness (QED) is 0.647. The number of hydrogen-bond acceptors (Lipinski definition) is 2. The van der Waals surface area contributed by atoms with Gasteiger partial charge in [-0.05, 0) is 25.0 Å². The largest absolute Gasteiger partial charge is 0.352 e. The second kappa shape index (κ2) is 6.54. The van der Waals surface area contributed by atoms with Crippen molar-refractivity contribution in [3.63, 3.8) is 0 Å². The molecule has 1 aromatic heterocycles. The predicted molar refractivity (Wildman–Crippen MR) is 59.6 cm³/mol. The SMILES string of the molecule is O=C(NCCCCBr)c1cccnc1. The van der Waals surface area contributed by atoms with Crippen molar-refractivity contribution in [2.24, 2.45) is 0 Å². The van der Waals surface area contributed by atoms with E-state index in [1.165, 1.54) is 0 Å². The van der Waals surface area contributed by atoms with E-state index in [2.05, 4.69) is 26.2 Å². The Kier molecular flexibility index (Phi) is 5.22. The fourth-order valence-electron chi connectivity index (χ4n) is 1.02. The van der Waals surface area contributed by atoms with Crippen LogP contribution in [0.4, 0.5) is 0 Å². The van der Waals surface area contributed by atoms with Gasteiger partial charge >= 0.3 is 0 Å². The van der Waals surface area contributed by atoms with E-state index in [-0.39, 0.29) is 5.91 Å². The van der Waals surface area contributed by atoms with Gasteiger partial charge in [0.1, 0.15) is 0 Å². The van der Waals surface area contributed by atoms with Gasteiger partial charge in [-0.1, -0.05) is 15.9 Å². The fourth-order valence-corrected chi connectivity index (χ4v) is 1.42. The van der Waals surface area contributed by atoms with Crippen molar-refractivity contribution < 1.29 is 4.79 Å². The number of halogens is 1. The van der Waals surface area contributed by atoms with Gasteiger partial charge in [0.2, 0.25) is 0 Å². The zero-order valence-corrected chi connectivity index (χ0v) is 9.46. The number of rotatable bonds is 5. The smallest absolute Gasteiger partial charge is 0.252 e. The van der Waals surface area contributed by atoms with Gasteiger partial charge in [0.25, 0.3) is 5.91 Å². The van der Waals surface area contributed by atoms with Crippen LogP contribution >= 0.6 is 15.9 Å². The summed E-state index contributed by atoms with van der Waals surface area (Å²) in [5, 5.41) is 3.82. The van der Waals surface area contributed by atoms with Crippen molar-refractivity contribution in [3.8, 4) is 0 Å². The summed E-state index contributed by atoms with van der Waals surface area (Å²) in [6, 6.07) is 3.51. The third-order valence-electron chi connectivity index (χ3n) is 1.77. The Morgan fingerprint density at radius 3 is 3.00 bits per heavy atom. The highest BCUT2D eigenvalue weighted by molar-refractivity contribution is 9.09. The molecule has 76 valence electrons. The molecule has 0 saturated heterocycles. The first-order chi connectivity index (χ1) is 6.84. The summed E-state index contributed by atoms with van der Waals surface area (Å²) in [4.78, 5) is 15.3. The second-order valence-corrected chi connectivity index (χ2v) is 3.69. The van der Waals surface area contributed by atoms with Gasteiger partial charge in [-0.3, -0.25) is 9.78 Å². The molecule has 4 heteroatoms. The first-order valence-electron chi connectivity index (χ1n) is 4.59. The molecule has 0 aliphatic rings. The molecule has 0 saturated carbocycles. The maximum Gasteiger partial charge on any atom is 0.252 e. The van der Waals surface area contributed by atoms with Crippen molar-refractivity contribution in [2.45, 2.75) is 12.8 Å². The van der Waals surface area contributed by atoms with Crippen LogP contribution in [0.1, 0.15) is 23.2 Å². The lowest BCUT2D eigenvalue weighted by Crippen LogP contribution is -2.24. The number of nitrogens with zero attached hydrogens (tertiary/aromatic N) is 1. The molecule has 0 aromatic carbocycles. The van der Waals surface area contributed by atoms with E-state index in [0.29, 0.717) is 5.56 Å². The van der Waals surface area contributed by atoms with E-state index < -0.39 is 0 Å². The molecular formula is C10H13BrN2O. The van der Waals surface area contributed by atoms with E-state index >= 15 is 0 Å². The highest BCUT2D eigenvalue weighted by Gasteiger charge is 2.02. The Morgan fingerprint density at radius 1 is 1.50 bits per heavy atom. The van der Waals surface area contributed by atoms with Crippen molar-refractivity contribution in [1.29, 1.82) is 0 Å². The first-order valence-corrected chi connectivity index (χ1v) is 5.71. The number of aromatic nitrogens is 1. The summed E-state index contributed by atoms with van der Waals surface area (Å²) in [5.41, 5.74) is 0.617. The lowest BCUT2D eigenvalue weighted by Gasteiger charge is -2.03. The van der Waals surface area contributed by atoms with Crippen molar-refractivity contribution in [1.82, 2.24) is 10.3 Å². The number of hydrogen-bond donors (Lipinski definition) is 1. The zero-order valence-electron chi connectivity index (χ0n) is 7.87. The summed E-state index contributed by atoms with van der Waals surface area (Å²) >= 11 is 3.34. The molecule has 0 atom stereocenters. The fraction of sp³-hybridized carbons (Fsp3) is 0.400. The lowest BCUT2D eigenvalue weighted by molar-refractivity contribution is 0.0953. The molecule has 1 N–H and O–H groups in total. The van der Waals surface area contributed by atoms with Gasteiger partial charge in [0.05, 0.1) is 5.56 Å². The summed E-state index contributed by atoms with van der Waals surface area (Å²) in [6.45, 7) is 0.722. The average Bonchev–Trinajstić information content (AvgIpc) is 2.25. The van der Waals surface area contributed by atoms with E-state index in [1.807, 2.05) is 0 Å². The summed E-state index contributed by atoms with van der Waals surface area (Å²) in [5.74, 6) is -0.0485. The number of nitrogens with one attached hydrogen (secondary N) is 1. The minimum Gasteiger partial charge on any atom is -0.352 e. The van der Waals surface area contributed by atoms with Gasteiger partial charge in [-0.25, -0.2) is 0 Å². The zero-order chi connectivity index (χ0) is 10.2. The van der Waals surface area contributed by atoms with Gasteiger partial charge < -0.3 is 5.32 Å². The van der Waals surface area contributed by atoms with Crippen LogP contribution in [-0.4, -0.2) is 22.8 Å². The van der Waals surface area contributed by atoms with Crippen molar-refractivity contribution in [2.75, 3.05) is 11.9 Å².